The second kappa shape index (κ2) is 2.52. The van der Waals surface area contributed by atoms with Gasteiger partial charge in [0.15, 0.2) is 0 Å². The molecule has 1 heterocycles. The minimum absolute atomic E-state index is 0.884. The number of hydrogen-bond donors (Lipinski definition) is 0. The van der Waals surface area contributed by atoms with Crippen LogP contribution in [0.15, 0.2) is 6.20 Å². The summed E-state index contributed by atoms with van der Waals surface area (Å²) in [4.78, 5) is 0. The Balaban J connectivity index is 3.07. The van der Waals surface area contributed by atoms with Gasteiger partial charge in [0.25, 0.3) is 0 Å². The van der Waals surface area contributed by atoms with Crippen molar-refractivity contribution in [2.24, 2.45) is 7.05 Å². The van der Waals surface area contributed by atoms with Crippen molar-refractivity contribution >= 4 is 15.9 Å². The number of aryl methyl sites for hydroxylation is 2. The summed E-state index contributed by atoms with van der Waals surface area (Å²) in [5.74, 6) is 0. The molecule has 0 atom stereocenters. The minimum Gasteiger partial charge on any atom is -0.272 e. The molecule has 9 heavy (non-hydrogen) atoms. The molecule has 50 valence electrons. The number of nitrogens with zero attached hydrogens (tertiary/aromatic N) is 2. The molecule has 2 nitrogen and oxygen atoms in total. The average molecular weight is 189 g/mol. The van der Waals surface area contributed by atoms with Gasteiger partial charge in [-0.25, -0.2) is 0 Å². The van der Waals surface area contributed by atoms with Crippen LogP contribution in [0, 0.1) is 6.92 Å². The minimum atomic E-state index is 0.884. The van der Waals surface area contributed by atoms with Crippen molar-refractivity contribution in [2.45, 2.75) is 12.3 Å². The van der Waals surface area contributed by atoms with Gasteiger partial charge in [-0.05, 0) is 12.5 Å². The summed E-state index contributed by atoms with van der Waals surface area (Å²) in [7, 11) is 1.95. The zero-order valence-corrected chi connectivity index (χ0v) is 7.14. The van der Waals surface area contributed by atoms with Gasteiger partial charge in [0, 0.05) is 12.4 Å². The topological polar surface area (TPSA) is 17.8 Å². The van der Waals surface area contributed by atoms with E-state index in [2.05, 4.69) is 28.0 Å². The van der Waals surface area contributed by atoms with Crippen molar-refractivity contribution in [1.29, 1.82) is 0 Å². The van der Waals surface area contributed by atoms with Crippen molar-refractivity contribution in [1.82, 2.24) is 9.78 Å². The first-order valence-corrected chi connectivity index (χ1v) is 3.91. The summed E-state index contributed by atoms with van der Waals surface area (Å²) in [6, 6.07) is 0. The second-order valence-electron chi connectivity index (χ2n) is 2.03. The molecule has 0 unspecified atom stereocenters. The van der Waals surface area contributed by atoms with Crippen LogP contribution >= 0.6 is 15.9 Å². The summed E-state index contributed by atoms with van der Waals surface area (Å²) < 4.78 is 1.88. The maximum atomic E-state index is 4.07. The second-order valence-corrected chi connectivity index (χ2v) is 2.59. The maximum Gasteiger partial charge on any atom is 0.0522 e. The Morgan fingerprint density at radius 1 is 1.78 bits per heavy atom. The SMILES string of the molecule is Cc1cnn(C)c1CBr. The highest BCUT2D eigenvalue weighted by molar-refractivity contribution is 9.08. The van der Waals surface area contributed by atoms with Crippen molar-refractivity contribution in [2.75, 3.05) is 0 Å². The predicted molar refractivity (Wildman–Crippen MR) is 40.6 cm³/mol. The third kappa shape index (κ3) is 1.15. The molecule has 1 rings (SSSR count). The maximum absolute atomic E-state index is 4.07. The Kier molecular flexibility index (Phi) is 1.90. The van der Waals surface area contributed by atoms with Gasteiger partial charge in [-0.15, -0.1) is 0 Å². The molecular formula is C6H9BrN2. The first-order chi connectivity index (χ1) is 4.25. The van der Waals surface area contributed by atoms with Gasteiger partial charge in [-0.1, -0.05) is 15.9 Å². The number of alkyl halides is 1. The fraction of sp³-hybridized carbons (Fsp3) is 0.500. The molecule has 0 saturated carbocycles. The van der Waals surface area contributed by atoms with Crippen LogP contribution in [0.25, 0.3) is 0 Å². The van der Waals surface area contributed by atoms with Crippen molar-refractivity contribution in [3.8, 4) is 0 Å². The van der Waals surface area contributed by atoms with Gasteiger partial charge >= 0.3 is 0 Å². The summed E-state index contributed by atoms with van der Waals surface area (Å²) in [6.07, 6.45) is 1.87. The largest absolute Gasteiger partial charge is 0.272 e. The predicted octanol–water partition coefficient (Wildman–Crippen LogP) is 1.62. The molecule has 0 aromatic carbocycles. The summed E-state index contributed by atoms with van der Waals surface area (Å²) in [5.41, 5.74) is 2.49. The molecule has 3 heteroatoms. The van der Waals surface area contributed by atoms with E-state index in [1.165, 1.54) is 11.3 Å². The van der Waals surface area contributed by atoms with E-state index in [1.807, 2.05) is 17.9 Å². The first kappa shape index (κ1) is 6.81. The van der Waals surface area contributed by atoms with Crippen molar-refractivity contribution < 1.29 is 0 Å². The van der Waals surface area contributed by atoms with Crippen LogP contribution in [0.3, 0.4) is 0 Å². The van der Waals surface area contributed by atoms with Gasteiger partial charge in [-0.3, -0.25) is 4.68 Å². The molecule has 0 bridgehead atoms. The number of aromatic nitrogens is 2. The molecule has 0 aliphatic heterocycles. The van der Waals surface area contributed by atoms with Crippen LogP contribution in [0.2, 0.25) is 0 Å². The van der Waals surface area contributed by atoms with E-state index < -0.39 is 0 Å². The van der Waals surface area contributed by atoms with E-state index in [9.17, 15) is 0 Å². The van der Waals surface area contributed by atoms with Gasteiger partial charge in [0.1, 0.15) is 0 Å². The molecule has 0 N–H and O–H groups in total. The van der Waals surface area contributed by atoms with E-state index in [4.69, 9.17) is 0 Å². The third-order valence-electron chi connectivity index (χ3n) is 1.40. The Morgan fingerprint density at radius 2 is 2.44 bits per heavy atom. The Labute approximate surface area is 63.0 Å². The molecule has 1 aromatic rings. The van der Waals surface area contributed by atoms with E-state index in [0.29, 0.717) is 0 Å². The average Bonchev–Trinajstić information content (AvgIpc) is 2.12. The highest BCUT2D eigenvalue weighted by Crippen LogP contribution is 2.08. The Morgan fingerprint density at radius 3 is 2.67 bits per heavy atom. The zero-order chi connectivity index (χ0) is 6.85. The normalized spacial score (nSPS) is 10.1. The number of hydrogen-bond acceptors (Lipinski definition) is 1. The van der Waals surface area contributed by atoms with E-state index in [-0.39, 0.29) is 0 Å². The van der Waals surface area contributed by atoms with Crippen LogP contribution in [-0.2, 0) is 12.4 Å². The van der Waals surface area contributed by atoms with E-state index in [1.54, 1.807) is 0 Å². The molecule has 0 fully saturated rings. The summed E-state index contributed by atoms with van der Waals surface area (Å²) in [5, 5.41) is 4.96. The van der Waals surface area contributed by atoms with Gasteiger partial charge in [0.05, 0.1) is 11.9 Å². The van der Waals surface area contributed by atoms with Crippen LogP contribution < -0.4 is 0 Å². The smallest absolute Gasteiger partial charge is 0.0522 e. The lowest BCUT2D eigenvalue weighted by molar-refractivity contribution is 0.736. The van der Waals surface area contributed by atoms with Gasteiger partial charge in [0.2, 0.25) is 0 Å². The summed E-state index contributed by atoms with van der Waals surface area (Å²) >= 11 is 3.38. The molecule has 0 saturated heterocycles. The molecule has 0 spiro atoms. The van der Waals surface area contributed by atoms with Crippen molar-refractivity contribution in [3.63, 3.8) is 0 Å². The van der Waals surface area contributed by atoms with E-state index in [0.717, 1.165) is 5.33 Å². The van der Waals surface area contributed by atoms with E-state index >= 15 is 0 Å². The highest BCUT2D eigenvalue weighted by atomic mass is 79.9. The molecule has 0 aliphatic carbocycles. The van der Waals surface area contributed by atoms with Crippen LogP contribution in [0.5, 0.6) is 0 Å². The lowest BCUT2D eigenvalue weighted by atomic mass is 10.3. The monoisotopic (exact) mass is 188 g/mol. The Bertz CT molecular complexity index is 185. The van der Waals surface area contributed by atoms with Gasteiger partial charge < -0.3 is 0 Å². The molecule has 0 amide bonds. The lowest BCUT2D eigenvalue weighted by Crippen LogP contribution is -1.95. The van der Waals surface area contributed by atoms with Crippen LogP contribution in [0.4, 0.5) is 0 Å². The molecule has 0 aliphatic rings. The quantitative estimate of drug-likeness (QED) is 0.614. The highest BCUT2D eigenvalue weighted by Gasteiger charge is 1.99. The van der Waals surface area contributed by atoms with Crippen molar-refractivity contribution in [3.05, 3.63) is 17.5 Å². The summed E-state index contributed by atoms with van der Waals surface area (Å²) in [6.45, 7) is 2.06. The molecule has 0 radical (unpaired) electrons. The number of rotatable bonds is 1. The fourth-order valence-electron chi connectivity index (χ4n) is 0.765. The molecule has 1 aromatic heterocycles. The third-order valence-corrected chi connectivity index (χ3v) is 1.93. The van der Waals surface area contributed by atoms with Gasteiger partial charge in [-0.2, -0.15) is 5.10 Å². The van der Waals surface area contributed by atoms with Crippen LogP contribution in [0.1, 0.15) is 11.3 Å². The standard InChI is InChI=1S/C6H9BrN2/c1-5-4-8-9(2)6(5)3-7/h4H,3H2,1-2H3. The molecular weight excluding hydrogens is 180 g/mol. The van der Waals surface area contributed by atoms with Crippen LogP contribution in [-0.4, -0.2) is 9.78 Å². The zero-order valence-electron chi connectivity index (χ0n) is 5.56. The Hall–Kier alpha value is -0.310. The first-order valence-electron chi connectivity index (χ1n) is 2.79. The lowest BCUT2D eigenvalue weighted by Gasteiger charge is -1.95. The fourth-order valence-corrected chi connectivity index (χ4v) is 1.57. The number of halogens is 1.